The molecule has 0 radical (unpaired) electrons. The van der Waals surface area contributed by atoms with Crippen molar-refractivity contribution in [1.29, 1.82) is 0 Å². The summed E-state index contributed by atoms with van der Waals surface area (Å²) in [5.41, 5.74) is 6.81. The summed E-state index contributed by atoms with van der Waals surface area (Å²) in [6.07, 6.45) is 0. The van der Waals surface area contributed by atoms with Crippen LogP contribution in [0.25, 0.3) is 121 Å². The van der Waals surface area contributed by atoms with Crippen molar-refractivity contribution in [3.05, 3.63) is 188 Å². The lowest BCUT2D eigenvalue weighted by Gasteiger charge is -2.12. The van der Waals surface area contributed by atoms with Crippen LogP contribution in [0.1, 0.15) is 0 Å². The van der Waals surface area contributed by atoms with Crippen LogP contribution < -0.4 is 0 Å². The Bertz CT molecular complexity index is 3580. The number of hydrogen-bond acceptors (Lipinski definition) is 4. The van der Waals surface area contributed by atoms with Crippen molar-refractivity contribution in [3.8, 4) is 45.3 Å². The van der Waals surface area contributed by atoms with E-state index in [-0.39, 0.29) is 0 Å². The molecule has 57 heavy (non-hydrogen) atoms. The number of furan rings is 1. The molecule has 12 rings (SSSR count). The van der Waals surface area contributed by atoms with Gasteiger partial charge in [-0.15, -0.1) is 0 Å². The summed E-state index contributed by atoms with van der Waals surface area (Å²) < 4.78 is 6.67. The molecule has 0 aliphatic carbocycles. The molecule has 0 saturated heterocycles. The Morgan fingerprint density at radius 1 is 0.281 bits per heavy atom. The summed E-state index contributed by atoms with van der Waals surface area (Å²) in [5, 5.41) is 13.8. The fourth-order valence-corrected chi connectivity index (χ4v) is 8.73. The minimum atomic E-state index is 0.612. The maximum Gasteiger partial charge on any atom is 0.164 e. The number of fused-ring (bicyclic) bond motifs is 11. The van der Waals surface area contributed by atoms with Gasteiger partial charge in [-0.25, -0.2) is 15.0 Å². The summed E-state index contributed by atoms with van der Waals surface area (Å²) in [7, 11) is 0. The first-order valence-corrected chi connectivity index (χ1v) is 19.3. The topological polar surface area (TPSA) is 51.8 Å². The predicted molar refractivity (Wildman–Crippen MR) is 236 cm³/mol. The summed E-state index contributed by atoms with van der Waals surface area (Å²) >= 11 is 0. The Kier molecular flexibility index (Phi) is 6.89. The summed E-state index contributed by atoms with van der Waals surface area (Å²) in [5.74, 6) is 1.86. The fourth-order valence-electron chi connectivity index (χ4n) is 8.73. The maximum atomic E-state index is 6.67. The molecule has 10 aromatic carbocycles. The minimum Gasteiger partial charge on any atom is -0.455 e. The van der Waals surface area contributed by atoms with Gasteiger partial charge in [-0.05, 0) is 83.9 Å². The molecule has 0 aliphatic heterocycles. The van der Waals surface area contributed by atoms with Crippen molar-refractivity contribution in [1.82, 2.24) is 15.0 Å². The van der Waals surface area contributed by atoms with Crippen LogP contribution in [0.5, 0.6) is 0 Å². The van der Waals surface area contributed by atoms with Crippen LogP contribution in [0, 0.1) is 0 Å². The Labute approximate surface area is 327 Å². The fraction of sp³-hybridized carbons (Fsp3) is 0. The average molecular weight is 726 g/mol. The Morgan fingerprint density at radius 2 is 0.860 bits per heavy atom. The van der Waals surface area contributed by atoms with Crippen LogP contribution in [0.4, 0.5) is 0 Å². The third-order valence-electron chi connectivity index (χ3n) is 11.5. The highest BCUT2D eigenvalue weighted by Crippen LogP contribution is 2.42. The van der Waals surface area contributed by atoms with E-state index in [1.807, 2.05) is 18.2 Å². The first-order valence-electron chi connectivity index (χ1n) is 19.3. The lowest BCUT2D eigenvalue weighted by molar-refractivity contribution is 0.673. The highest BCUT2D eigenvalue weighted by Gasteiger charge is 2.20. The zero-order valence-electron chi connectivity index (χ0n) is 30.6. The van der Waals surface area contributed by atoms with Gasteiger partial charge >= 0.3 is 0 Å². The van der Waals surface area contributed by atoms with Crippen molar-refractivity contribution in [2.24, 2.45) is 0 Å². The van der Waals surface area contributed by atoms with E-state index < -0.39 is 0 Å². The van der Waals surface area contributed by atoms with Crippen LogP contribution in [0.2, 0.25) is 0 Å². The molecule has 0 amide bonds. The smallest absolute Gasteiger partial charge is 0.164 e. The molecule has 0 aliphatic rings. The standard InChI is InChI=1S/C53H31N3O/c1-2-13-35(14-3-1)51-54-52(37-22-21-34-24-26-42-39-17-7-5-12-33(39)23-27-43(42)45(34)30-37)56-53(55-51)48-31-47-46-29-36(40-20-10-15-32-11-4-6-16-38(32)40)25-28-49(46)57-50(47)44-19-9-8-18-41(44)48/h1-31H. The van der Waals surface area contributed by atoms with Crippen molar-refractivity contribution >= 4 is 75.8 Å². The van der Waals surface area contributed by atoms with E-state index in [0.29, 0.717) is 17.5 Å². The van der Waals surface area contributed by atoms with Gasteiger partial charge in [0.25, 0.3) is 0 Å². The lowest BCUT2D eigenvalue weighted by atomic mass is 9.95. The summed E-state index contributed by atoms with van der Waals surface area (Å²) in [6.45, 7) is 0. The van der Waals surface area contributed by atoms with E-state index in [2.05, 4.69) is 170 Å². The molecule has 0 atom stereocenters. The molecule has 2 heterocycles. The second-order valence-electron chi connectivity index (χ2n) is 14.7. The maximum absolute atomic E-state index is 6.67. The summed E-state index contributed by atoms with van der Waals surface area (Å²) in [4.78, 5) is 15.7. The highest BCUT2D eigenvalue weighted by atomic mass is 16.3. The van der Waals surface area contributed by atoms with Gasteiger partial charge in [0.1, 0.15) is 11.2 Å². The zero-order valence-corrected chi connectivity index (χ0v) is 30.6. The largest absolute Gasteiger partial charge is 0.455 e. The van der Waals surface area contributed by atoms with E-state index in [0.717, 1.165) is 60.4 Å². The molecule has 12 aromatic rings. The monoisotopic (exact) mass is 725 g/mol. The van der Waals surface area contributed by atoms with Crippen molar-refractivity contribution in [2.75, 3.05) is 0 Å². The number of nitrogens with zero attached hydrogens (tertiary/aromatic N) is 3. The zero-order chi connectivity index (χ0) is 37.5. The molecule has 0 saturated carbocycles. The van der Waals surface area contributed by atoms with Crippen LogP contribution in [-0.2, 0) is 0 Å². The normalized spacial score (nSPS) is 11.9. The average Bonchev–Trinajstić information content (AvgIpc) is 3.66. The highest BCUT2D eigenvalue weighted by molar-refractivity contribution is 6.20. The third kappa shape index (κ3) is 5.04. The second kappa shape index (κ2) is 12.4. The molecule has 0 fully saturated rings. The first-order chi connectivity index (χ1) is 28.2. The van der Waals surface area contributed by atoms with Gasteiger partial charge in [0.05, 0.1) is 0 Å². The predicted octanol–water partition coefficient (Wildman–Crippen LogP) is 14.2. The molecule has 0 bridgehead atoms. The van der Waals surface area contributed by atoms with Gasteiger partial charge in [0.2, 0.25) is 0 Å². The van der Waals surface area contributed by atoms with Crippen molar-refractivity contribution in [2.45, 2.75) is 0 Å². The SMILES string of the molecule is c1ccc(-c2nc(-c3ccc4ccc5c6ccccc6ccc5c4c3)nc(-c3cc4c5cc(-c6cccc7ccccc67)ccc5oc4c4ccccc34)n2)cc1. The van der Waals surface area contributed by atoms with Gasteiger partial charge in [0, 0.05) is 32.8 Å². The van der Waals surface area contributed by atoms with Crippen LogP contribution >= 0.6 is 0 Å². The quantitative estimate of drug-likeness (QED) is 0.170. The van der Waals surface area contributed by atoms with Gasteiger partial charge in [0.15, 0.2) is 17.5 Å². The third-order valence-corrected chi connectivity index (χ3v) is 11.5. The number of benzene rings is 10. The minimum absolute atomic E-state index is 0.612. The van der Waals surface area contributed by atoms with Gasteiger partial charge in [-0.1, -0.05) is 164 Å². The molecule has 0 unspecified atom stereocenters. The molecular weight excluding hydrogens is 695 g/mol. The van der Waals surface area contributed by atoms with Crippen LogP contribution in [-0.4, -0.2) is 15.0 Å². The Balaban J connectivity index is 1.10. The summed E-state index contributed by atoms with van der Waals surface area (Å²) in [6, 6.07) is 66.4. The first kappa shape index (κ1) is 31.6. The van der Waals surface area contributed by atoms with Gasteiger partial charge < -0.3 is 4.42 Å². The molecule has 4 heteroatoms. The van der Waals surface area contributed by atoms with Crippen molar-refractivity contribution < 1.29 is 4.42 Å². The van der Waals surface area contributed by atoms with Gasteiger partial charge in [-0.3, -0.25) is 0 Å². The van der Waals surface area contributed by atoms with Gasteiger partial charge in [-0.2, -0.15) is 0 Å². The van der Waals surface area contributed by atoms with E-state index >= 15 is 0 Å². The lowest BCUT2D eigenvalue weighted by Crippen LogP contribution is -2.00. The molecule has 0 spiro atoms. The molecule has 2 aromatic heterocycles. The van der Waals surface area contributed by atoms with Crippen LogP contribution in [0.3, 0.4) is 0 Å². The number of hydrogen-bond donors (Lipinski definition) is 0. The van der Waals surface area contributed by atoms with E-state index in [9.17, 15) is 0 Å². The van der Waals surface area contributed by atoms with Crippen molar-refractivity contribution in [3.63, 3.8) is 0 Å². The molecular formula is C53H31N3O. The Morgan fingerprint density at radius 3 is 1.68 bits per heavy atom. The number of aromatic nitrogens is 3. The molecule has 0 N–H and O–H groups in total. The molecule has 4 nitrogen and oxygen atoms in total. The van der Waals surface area contributed by atoms with E-state index in [1.54, 1.807) is 0 Å². The Hall–Kier alpha value is -7.69. The molecule has 264 valence electrons. The van der Waals surface area contributed by atoms with Crippen LogP contribution in [0.15, 0.2) is 192 Å². The van der Waals surface area contributed by atoms with E-state index in [4.69, 9.17) is 19.4 Å². The second-order valence-corrected chi connectivity index (χ2v) is 14.7. The number of rotatable bonds is 4. The van der Waals surface area contributed by atoms with E-state index in [1.165, 1.54) is 43.3 Å².